The molecule has 2 amide bonds. The summed E-state index contributed by atoms with van der Waals surface area (Å²) in [6.45, 7) is -2.56. The number of aromatic nitrogens is 2. The first-order valence-electron chi connectivity index (χ1n) is 10.4. The second kappa shape index (κ2) is 9.30. The number of piperidine rings is 1. The van der Waals surface area contributed by atoms with Crippen LogP contribution in [0.5, 0.6) is 0 Å². The molecule has 0 aliphatic carbocycles. The molecule has 2 aliphatic heterocycles. The molecule has 2 aliphatic rings. The predicted molar refractivity (Wildman–Crippen MR) is 99.5 cm³/mol. The van der Waals surface area contributed by atoms with Crippen LogP contribution >= 0.6 is 0 Å². The number of nitrogens with zero attached hydrogens (tertiary/aromatic N) is 4. The summed E-state index contributed by atoms with van der Waals surface area (Å²) >= 11 is 0. The molecule has 3 heterocycles. The molecule has 7 nitrogen and oxygen atoms in total. The average molecular weight is 539 g/mol. The van der Waals surface area contributed by atoms with Crippen LogP contribution in [0.4, 0.5) is 43.9 Å². The minimum atomic E-state index is -6.27. The minimum absolute atomic E-state index is 0.388. The van der Waals surface area contributed by atoms with Crippen LogP contribution in [0.2, 0.25) is 0 Å². The van der Waals surface area contributed by atoms with E-state index in [2.05, 4.69) is 9.97 Å². The van der Waals surface area contributed by atoms with E-state index in [1.165, 1.54) is 0 Å². The Morgan fingerprint density at radius 2 is 1.69 bits per heavy atom. The van der Waals surface area contributed by atoms with Crippen molar-refractivity contribution in [2.24, 2.45) is 5.73 Å². The molecule has 0 aromatic carbocycles. The van der Waals surface area contributed by atoms with E-state index in [4.69, 9.17) is 5.73 Å². The maximum Gasteiger partial charge on any atom is 0.461 e. The Balaban J connectivity index is 1.79. The lowest BCUT2D eigenvalue weighted by atomic mass is 10.0. The number of amides is 2. The first-order chi connectivity index (χ1) is 16.3. The van der Waals surface area contributed by atoms with Crippen molar-refractivity contribution in [3.63, 3.8) is 0 Å². The number of likely N-dealkylation sites (tertiary alicyclic amines) is 1. The summed E-state index contributed by atoms with van der Waals surface area (Å²) in [6.07, 6.45) is -13.9. The predicted octanol–water partition coefficient (Wildman–Crippen LogP) is 3.01. The molecule has 1 aromatic heterocycles. The van der Waals surface area contributed by atoms with Gasteiger partial charge in [-0.2, -0.15) is 35.1 Å². The second-order valence-electron chi connectivity index (χ2n) is 8.55. The van der Waals surface area contributed by atoms with Crippen LogP contribution < -0.4 is 5.73 Å². The van der Waals surface area contributed by atoms with E-state index < -0.39 is 110 Å². The highest BCUT2D eigenvalue weighted by molar-refractivity contribution is 5.78. The SMILES string of the molecule is NC(CC(=O)N1CCc2c(nc(C(F)(F)C(F)(F)F)nc2C(F)(F)F)C1)CN1CC(F)(F)CCC1=O. The molecule has 1 atom stereocenters. The quantitative estimate of drug-likeness (QED) is 0.581. The Labute approximate surface area is 196 Å². The average Bonchev–Trinajstić information content (AvgIpc) is 2.73. The largest absolute Gasteiger partial charge is 0.461 e. The van der Waals surface area contributed by atoms with Gasteiger partial charge in [-0.3, -0.25) is 9.59 Å². The van der Waals surface area contributed by atoms with Crippen LogP contribution in [0.3, 0.4) is 0 Å². The summed E-state index contributed by atoms with van der Waals surface area (Å²) in [5.74, 6) is -12.8. The molecule has 202 valence electrons. The summed E-state index contributed by atoms with van der Waals surface area (Å²) < 4.78 is 133. The van der Waals surface area contributed by atoms with Gasteiger partial charge in [-0.25, -0.2) is 18.7 Å². The lowest BCUT2D eigenvalue weighted by Gasteiger charge is -2.34. The topological polar surface area (TPSA) is 92.4 Å². The molecule has 36 heavy (non-hydrogen) atoms. The zero-order chi connectivity index (χ0) is 27.3. The van der Waals surface area contributed by atoms with Crippen molar-refractivity contribution in [1.29, 1.82) is 0 Å². The molecule has 0 saturated carbocycles. The van der Waals surface area contributed by atoms with Crippen molar-refractivity contribution < 1.29 is 53.5 Å². The monoisotopic (exact) mass is 539 g/mol. The third-order valence-electron chi connectivity index (χ3n) is 5.69. The van der Waals surface area contributed by atoms with Crippen molar-refractivity contribution in [1.82, 2.24) is 19.8 Å². The summed E-state index contributed by atoms with van der Waals surface area (Å²) in [6, 6.07) is -1.15. The fraction of sp³-hybridized carbons (Fsp3) is 0.684. The maximum absolute atomic E-state index is 13.7. The van der Waals surface area contributed by atoms with E-state index in [0.717, 1.165) is 9.80 Å². The number of hydrogen-bond donors (Lipinski definition) is 1. The molecule has 0 bridgehead atoms. The highest BCUT2D eigenvalue weighted by Crippen LogP contribution is 2.44. The normalized spacial score (nSPS) is 19.8. The van der Waals surface area contributed by atoms with E-state index >= 15 is 0 Å². The Morgan fingerprint density at radius 1 is 1.06 bits per heavy atom. The maximum atomic E-state index is 13.7. The van der Waals surface area contributed by atoms with Gasteiger partial charge in [0.1, 0.15) is 0 Å². The van der Waals surface area contributed by atoms with Gasteiger partial charge in [0, 0.05) is 44.0 Å². The Bertz CT molecular complexity index is 1030. The summed E-state index contributed by atoms with van der Waals surface area (Å²) in [5.41, 5.74) is 2.26. The first kappa shape index (κ1) is 27.9. The van der Waals surface area contributed by atoms with E-state index in [-0.39, 0.29) is 6.54 Å². The van der Waals surface area contributed by atoms with Crippen molar-refractivity contribution in [2.45, 2.75) is 62.5 Å². The number of halogens is 10. The zero-order valence-corrected chi connectivity index (χ0v) is 18.2. The standard InChI is InChI=1S/C19H19F10N5O2/c20-16(21)3-1-12(35)34(8-16)6-9(30)5-13(36)33-4-2-10-11(7-33)31-15(17(22,23)19(27,28)29)32-14(10)18(24,25)26/h9H,1-8,30H2. The van der Waals surface area contributed by atoms with Gasteiger partial charge in [0.25, 0.3) is 5.92 Å². The Kier molecular flexibility index (Phi) is 7.20. The van der Waals surface area contributed by atoms with Crippen LogP contribution in [0.15, 0.2) is 0 Å². The lowest BCUT2D eigenvalue weighted by molar-refractivity contribution is -0.293. The van der Waals surface area contributed by atoms with Gasteiger partial charge in [-0.1, -0.05) is 0 Å². The highest BCUT2D eigenvalue weighted by Gasteiger charge is 2.62. The van der Waals surface area contributed by atoms with Crippen molar-refractivity contribution in [2.75, 3.05) is 19.6 Å². The van der Waals surface area contributed by atoms with Gasteiger partial charge in [0.05, 0.1) is 18.8 Å². The van der Waals surface area contributed by atoms with E-state index in [9.17, 15) is 53.5 Å². The first-order valence-corrected chi connectivity index (χ1v) is 10.4. The van der Waals surface area contributed by atoms with Crippen molar-refractivity contribution in [3.8, 4) is 0 Å². The van der Waals surface area contributed by atoms with Crippen LogP contribution in [0.25, 0.3) is 0 Å². The number of fused-ring (bicyclic) bond motifs is 1. The molecule has 1 fully saturated rings. The van der Waals surface area contributed by atoms with E-state index in [1.807, 2.05) is 0 Å². The number of rotatable bonds is 5. The fourth-order valence-corrected chi connectivity index (χ4v) is 3.91. The number of carbonyl (C=O) groups is 2. The third kappa shape index (κ3) is 5.81. The van der Waals surface area contributed by atoms with Gasteiger partial charge in [0.15, 0.2) is 5.69 Å². The highest BCUT2D eigenvalue weighted by atomic mass is 19.4. The van der Waals surface area contributed by atoms with Gasteiger partial charge >= 0.3 is 18.3 Å². The van der Waals surface area contributed by atoms with Gasteiger partial charge in [-0.15, -0.1) is 0 Å². The van der Waals surface area contributed by atoms with E-state index in [1.54, 1.807) is 0 Å². The molecular formula is C19H19F10N5O2. The Morgan fingerprint density at radius 3 is 2.28 bits per heavy atom. The molecule has 2 N–H and O–H groups in total. The number of nitrogens with two attached hydrogens (primary N) is 1. The van der Waals surface area contributed by atoms with Crippen LogP contribution in [-0.4, -0.2) is 69.4 Å². The third-order valence-corrected chi connectivity index (χ3v) is 5.69. The molecule has 1 unspecified atom stereocenters. The van der Waals surface area contributed by atoms with Gasteiger partial charge in [0.2, 0.25) is 17.6 Å². The molecule has 0 spiro atoms. The van der Waals surface area contributed by atoms with E-state index in [0.29, 0.717) is 0 Å². The Hall–Kier alpha value is -2.72. The minimum Gasteiger partial charge on any atom is -0.336 e. The smallest absolute Gasteiger partial charge is 0.336 e. The molecule has 1 aromatic rings. The number of carbonyl (C=O) groups excluding carboxylic acids is 2. The van der Waals surface area contributed by atoms with Crippen molar-refractivity contribution >= 4 is 11.8 Å². The molecular weight excluding hydrogens is 520 g/mol. The lowest BCUT2D eigenvalue weighted by Crippen LogP contribution is -2.51. The van der Waals surface area contributed by atoms with Crippen LogP contribution in [0, 0.1) is 0 Å². The fourth-order valence-electron chi connectivity index (χ4n) is 3.91. The van der Waals surface area contributed by atoms with Crippen LogP contribution in [-0.2, 0) is 34.7 Å². The summed E-state index contributed by atoms with van der Waals surface area (Å²) in [5, 5.41) is 0. The zero-order valence-electron chi connectivity index (χ0n) is 18.2. The summed E-state index contributed by atoms with van der Waals surface area (Å²) in [7, 11) is 0. The molecule has 17 heteroatoms. The molecule has 1 saturated heterocycles. The van der Waals surface area contributed by atoms with Gasteiger partial charge in [-0.05, 0) is 6.42 Å². The molecule has 0 radical (unpaired) electrons. The second-order valence-corrected chi connectivity index (χ2v) is 8.55. The summed E-state index contributed by atoms with van der Waals surface area (Å²) in [4.78, 5) is 31.5. The number of alkyl halides is 10. The number of hydrogen-bond acceptors (Lipinski definition) is 5. The molecule has 3 rings (SSSR count). The van der Waals surface area contributed by atoms with Gasteiger partial charge < -0.3 is 15.5 Å². The van der Waals surface area contributed by atoms with Crippen LogP contribution in [0.1, 0.15) is 42.0 Å². The van der Waals surface area contributed by atoms with Crippen molar-refractivity contribution in [3.05, 3.63) is 22.8 Å².